The minimum absolute atomic E-state index is 0.418. The zero-order valence-corrected chi connectivity index (χ0v) is 12.4. The monoisotopic (exact) mass is 280 g/mol. The van der Waals surface area contributed by atoms with E-state index in [9.17, 15) is 0 Å². The zero-order chi connectivity index (χ0) is 13.8. The van der Waals surface area contributed by atoms with E-state index >= 15 is 0 Å². The van der Waals surface area contributed by atoms with Gasteiger partial charge in [0.1, 0.15) is 5.82 Å². The molecule has 104 valence electrons. The summed E-state index contributed by atoms with van der Waals surface area (Å²) in [7, 11) is 0. The van der Waals surface area contributed by atoms with Crippen LogP contribution in [-0.4, -0.2) is 30.9 Å². The van der Waals surface area contributed by atoms with Crippen molar-refractivity contribution in [3.8, 4) is 0 Å². The number of hydrogen-bond acceptors (Lipinski definition) is 5. The quantitative estimate of drug-likeness (QED) is 0.814. The Morgan fingerprint density at radius 3 is 2.84 bits per heavy atom. The molecule has 0 aliphatic carbocycles. The van der Waals surface area contributed by atoms with Crippen LogP contribution in [0.15, 0.2) is 17.7 Å². The van der Waals surface area contributed by atoms with Crippen LogP contribution in [0.5, 0.6) is 0 Å². The number of rotatable bonds is 6. The Morgan fingerprint density at radius 2 is 2.16 bits per heavy atom. The van der Waals surface area contributed by atoms with Crippen molar-refractivity contribution in [1.29, 1.82) is 0 Å². The van der Waals surface area contributed by atoms with E-state index < -0.39 is 0 Å². The number of hydrogen-bond donors (Lipinski definition) is 1. The fourth-order valence-electron chi connectivity index (χ4n) is 1.90. The van der Waals surface area contributed by atoms with Crippen molar-refractivity contribution in [2.24, 2.45) is 5.73 Å². The molecule has 0 aliphatic rings. The second kappa shape index (κ2) is 6.21. The summed E-state index contributed by atoms with van der Waals surface area (Å²) in [6, 6.07) is 0.418. The van der Waals surface area contributed by atoms with Crippen molar-refractivity contribution in [1.82, 2.24) is 24.3 Å². The van der Waals surface area contributed by atoms with E-state index in [1.54, 1.807) is 11.8 Å². The standard InChI is InChI=1S/C12H20N6S/c1-9(2)18-8-14-6-11(18)7-19-12-16-15-10(3)17(12)5-4-13/h6,8-9H,4-5,7,13H2,1-3H3. The summed E-state index contributed by atoms with van der Waals surface area (Å²) in [5, 5.41) is 9.22. The average molecular weight is 280 g/mol. The van der Waals surface area contributed by atoms with E-state index in [2.05, 4.69) is 38.2 Å². The Balaban J connectivity index is 2.08. The Labute approximate surface area is 117 Å². The minimum Gasteiger partial charge on any atom is -0.331 e. The number of nitrogens with zero attached hydrogens (tertiary/aromatic N) is 5. The molecule has 2 rings (SSSR count). The molecule has 0 saturated carbocycles. The Kier molecular flexibility index (Phi) is 4.60. The highest BCUT2D eigenvalue weighted by Crippen LogP contribution is 2.22. The van der Waals surface area contributed by atoms with Gasteiger partial charge in [0.15, 0.2) is 5.16 Å². The van der Waals surface area contributed by atoms with E-state index in [1.165, 1.54) is 5.69 Å². The second-order valence-electron chi connectivity index (χ2n) is 4.64. The Hall–Kier alpha value is -1.34. The van der Waals surface area contributed by atoms with Crippen LogP contribution in [0.3, 0.4) is 0 Å². The molecule has 0 atom stereocenters. The van der Waals surface area contributed by atoms with Gasteiger partial charge in [0, 0.05) is 36.8 Å². The van der Waals surface area contributed by atoms with Gasteiger partial charge in [-0.15, -0.1) is 10.2 Å². The van der Waals surface area contributed by atoms with Gasteiger partial charge in [-0.2, -0.15) is 0 Å². The minimum atomic E-state index is 0.418. The van der Waals surface area contributed by atoms with Gasteiger partial charge in [0.25, 0.3) is 0 Å². The summed E-state index contributed by atoms with van der Waals surface area (Å²) in [5.41, 5.74) is 6.81. The Morgan fingerprint density at radius 1 is 1.37 bits per heavy atom. The summed E-state index contributed by atoms with van der Waals surface area (Å²) in [6.07, 6.45) is 3.78. The van der Waals surface area contributed by atoms with E-state index in [-0.39, 0.29) is 0 Å². The summed E-state index contributed by atoms with van der Waals surface area (Å²) < 4.78 is 4.23. The third kappa shape index (κ3) is 3.16. The lowest BCUT2D eigenvalue weighted by atomic mass is 10.4. The van der Waals surface area contributed by atoms with Crippen molar-refractivity contribution in [2.75, 3.05) is 6.54 Å². The van der Waals surface area contributed by atoms with E-state index in [1.807, 2.05) is 19.4 Å². The number of thioether (sulfide) groups is 1. The van der Waals surface area contributed by atoms with Crippen LogP contribution < -0.4 is 5.73 Å². The fraction of sp³-hybridized carbons (Fsp3) is 0.583. The molecule has 0 saturated heterocycles. The van der Waals surface area contributed by atoms with Crippen LogP contribution in [0.2, 0.25) is 0 Å². The van der Waals surface area contributed by atoms with Gasteiger partial charge in [-0.25, -0.2) is 4.98 Å². The number of imidazole rings is 1. The summed E-state index contributed by atoms with van der Waals surface area (Å²) >= 11 is 1.67. The van der Waals surface area contributed by atoms with Crippen molar-refractivity contribution < 1.29 is 0 Å². The molecule has 2 heterocycles. The van der Waals surface area contributed by atoms with E-state index in [0.717, 1.165) is 23.3 Å². The molecular formula is C12H20N6S. The Bertz CT molecular complexity index is 530. The first-order valence-corrected chi connectivity index (χ1v) is 7.35. The average Bonchev–Trinajstić information content (AvgIpc) is 2.96. The van der Waals surface area contributed by atoms with Gasteiger partial charge in [0.05, 0.1) is 6.33 Å². The largest absolute Gasteiger partial charge is 0.331 e. The van der Waals surface area contributed by atoms with Crippen molar-refractivity contribution >= 4 is 11.8 Å². The highest BCUT2D eigenvalue weighted by Gasteiger charge is 2.11. The summed E-state index contributed by atoms with van der Waals surface area (Å²) in [4.78, 5) is 4.21. The van der Waals surface area contributed by atoms with Gasteiger partial charge in [-0.05, 0) is 20.8 Å². The molecule has 2 N–H and O–H groups in total. The molecule has 6 nitrogen and oxygen atoms in total. The summed E-state index contributed by atoms with van der Waals surface area (Å²) in [5.74, 6) is 1.74. The van der Waals surface area contributed by atoms with Crippen molar-refractivity contribution in [3.63, 3.8) is 0 Å². The van der Waals surface area contributed by atoms with Crippen LogP contribution in [0.25, 0.3) is 0 Å². The molecule has 7 heteroatoms. The van der Waals surface area contributed by atoms with Gasteiger partial charge in [0.2, 0.25) is 0 Å². The first-order chi connectivity index (χ1) is 9.13. The molecule has 0 amide bonds. The molecule has 0 fully saturated rings. The second-order valence-corrected chi connectivity index (χ2v) is 5.59. The normalized spacial score (nSPS) is 11.4. The van der Waals surface area contributed by atoms with Crippen molar-refractivity contribution in [2.45, 2.75) is 44.3 Å². The molecule has 2 aromatic rings. The molecule has 0 unspecified atom stereocenters. The maximum Gasteiger partial charge on any atom is 0.191 e. The third-order valence-electron chi connectivity index (χ3n) is 2.91. The maximum absolute atomic E-state index is 5.61. The predicted molar refractivity (Wildman–Crippen MR) is 76.0 cm³/mol. The SMILES string of the molecule is Cc1nnc(SCc2cncn2C(C)C)n1CCN. The van der Waals surface area contributed by atoms with Crippen LogP contribution in [0.1, 0.15) is 31.4 Å². The van der Waals surface area contributed by atoms with Gasteiger partial charge in [-0.3, -0.25) is 0 Å². The fourth-order valence-corrected chi connectivity index (χ4v) is 2.88. The lowest BCUT2D eigenvalue weighted by Crippen LogP contribution is -2.12. The number of aryl methyl sites for hydroxylation is 1. The van der Waals surface area contributed by atoms with Crippen LogP contribution in [0.4, 0.5) is 0 Å². The topological polar surface area (TPSA) is 74.5 Å². The molecule has 2 aromatic heterocycles. The molecular weight excluding hydrogens is 260 g/mol. The first-order valence-electron chi connectivity index (χ1n) is 6.37. The first kappa shape index (κ1) is 14.1. The molecule has 0 spiro atoms. The molecule has 0 aliphatic heterocycles. The lowest BCUT2D eigenvalue weighted by molar-refractivity contribution is 0.583. The van der Waals surface area contributed by atoms with Crippen LogP contribution in [-0.2, 0) is 12.3 Å². The molecule has 0 radical (unpaired) electrons. The van der Waals surface area contributed by atoms with Gasteiger partial charge in [-0.1, -0.05) is 11.8 Å². The van der Waals surface area contributed by atoms with Gasteiger partial charge >= 0.3 is 0 Å². The summed E-state index contributed by atoms with van der Waals surface area (Å²) in [6.45, 7) is 7.60. The highest BCUT2D eigenvalue weighted by atomic mass is 32.2. The number of aromatic nitrogens is 5. The molecule has 19 heavy (non-hydrogen) atoms. The zero-order valence-electron chi connectivity index (χ0n) is 11.6. The van der Waals surface area contributed by atoms with Gasteiger partial charge < -0.3 is 14.9 Å². The third-order valence-corrected chi connectivity index (χ3v) is 3.91. The maximum atomic E-state index is 5.61. The molecule has 0 aromatic carbocycles. The van der Waals surface area contributed by atoms with Crippen LogP contribution in [0, 0.1) is 6.92 Å². The highest BCUT2D eigenvalue weighted by molar-refractivity contribution is 7.98. The smallest absolute Gasteiger partial charge is 0.191 e. The van der Waals surface area contributed by atoms with Crippen LogP contribution >= 0.6 is 11.8 Å². The molecule has 0 bridgehead atoms. The predicted octanol–water partition coefficient (Wildman–Crippen LogP) is 1.61. The van der Waals surface area contributed by atoms with E-state index in [4.69, 9.17) is 5.73 Å². The number of nitrogens with two attached hydrogens (primary N) is 1. The van der Waals surface area contributed by atoms with E-state index in [0.29, 0.717) is 12.6 Å². The van der Waals surface area contributed by atoms with Crippen molar-refractivity contribution in [3.05, 3.63) is 24.0 Å². The lowest BCUT2D eigenvalue weighted by Gasteiger charge is -2.11.